The molecular formula is C72H144Si12Sn2. The van der Waals surface area contributed by atoms with Crippen LogP contribution < -0.4 is 7.16 Å². The maximum atomic E-state index is 3.28. The van der Waals surface area contributed by atoms with Crippen molar-refractivity contribution in [3.05, 3.63) is 99.3 Å². The predicted molar refractivity (Wildman–Crippen MR) is 441 cm³/mol. The average Bonchev–Trinajstić information content (AvgIpc) is 0.655. The van der Waals surface area contributed by atoms with Crippen LogP contribution in [0, 0.1) is 10.8 Å². The summed E-state index contributed by atoms with van der Waals surface area (Å²) in [5.74, 6) is 0. The first kappa shape index (κ1) is 78.3. The molecule has 4 atom stereocenters. The van der Waals surface area contributed by atoms with E-state index >= 15 is 0 Å². The van der Waals surface area contributed by atoms with E-state index in [0.29, 0.717) is 36.9 Å². The summed E-state index contributed by atoms with van der Waals surface area (Å²) in [6.45, 7) is 118. The summed E-state index contributed by atoms with van der Waals surface area (Å²) in [5.41, 5.74) is 11.6. The quantitative estimate of drug-likeness (QED) is 0.116. The monoisotopic (exact) mass is 1580 g/mol. The van der Waals surface area contributed by atoms with Gasteiger partial charge in [-0.05, 0) is 0 Å². The van der Waals surface area contributed by atoms with Crippen molar-refractivity contribution in [2.24, 2.45) is 10.8 Å². The molecule has 4 aliphatic heterocycles. The van der Waals surface area contributed by atoms with Crippen LogP contribution in [0.4, 0.5) is 0 Å². The molecule has 0 fully saturated rings. The Hall–Kier alpha value is 1.60. The number of allylic oxidation sites excluding steroid dienone is 7. The first-order chi connectivity index (χ1) is 37.6. The third kappa shape index (κ3) is 15.4. The second-order valence-corrected chi connectivity index (χ2v) is 138. The summed E-state index contributed by atoms with van der Waals surface area (Å²) in [5, 5.41) is 4.03. The van der Waals surface area contributed by atoms with Crippen LogP contribution in [0.1, 0.15) is 106 Å². The van der Waals surface area contributed by atoms with Gasteiger partial charge in [-0.3, -0.25) is 0 Å². The topological polar surface area (TPSA) is 0 Å². The molecular weight excluding hydrogens is 1440 g/mol. The van der Waals surface area contributed by atoms with Gasteiger partial charge in [0.05, 0.1) is 0 Å². The third-order valence-electron chi connectivity index (χ3n) is 21.1. The van der Waals surface area contributed by atoms with Crippen molar-refractivity contribution in [3.8, 4) is 0 Å². The first-order valence-corrected chi connectivity index (χ1v) is 90.0. The van der Waals surface area contributed by atoms with Crippen LogP contribution in [-0.2, 0) is 0 Å². The minimum absolute atomic E-state index is 0.0248. The summed E-state index contributed by atoms with van der Waals surface area (Å²) in [4.78, 5) is 0. The molecule has 4 unspecified atom stereocenters. The van der Waals surface area contributed by atoms with Crippen LogP contribution in [0.5, 0.6) is 0 Å². The zero-order chi connectivity index (χ0) is 67.5. The molecule has 4 heterocycles. The van der Waals surface area contributed by atoms with Crippen molar-refractivity contribution in [2.45, 2.75) is 314 Å². The van der Waals surface area contributed by atoms with Gasteiger partial charge in [0.2, 0.25) is 0 Å². The van der Waals surface area contributed by atoms with E-state index in [-0.39, 0.29) is 10.8 Å². The van der Waals surface area contributed by atoms with E-state index in [4.69, 9.17) is 0 Å². The Balaban J connectivity index is 2.50. The predicted octanol–water partition coefficient (Wildman–Crippen LogP) is 23.7. The van der Waals surface area contributed by atoms with Crippen LogP contribution in [0.3, 0.4) is 0 Å². The molecule has 4 aliphatic rings. The molecule has 86 heavy (non-hydrogen) atoms. The minimum atomic E-state index is -4.42. The normalized spacial score (nSPS) is 22.1. The molecule has 0 amide bonds. The maximum absolute atomic E-state index is 4.42. The molecule has 488 valence electrons. The summed E-state index contributed by atoms with van der Waals surface area (Å²) < 4.78 is 12.6. The van der Waals surface area contributed by atoms with Gasteiger partial charge in [0.15, 0.2) is 0 Å². The van der Waals surface area contributed by atoms with Crippen LogP contribution in [0.15, 0.2) is 65.9 Å². The van der Waals surface area contributed by atoms with Crippen LogP contribution >= 0.6 is 0 Å². The van der Waals surface area contributed by atoms with Crippen molar-refractivity contribution >= 4 is 141 Å². The number of rotatable bonds is 20. The number of hydrogen-bond acceptors (Lipinski definition) is 0. The van der Waals surface area contributed by atoms with Crippen molar-refractivity contribution in [1.29, 1.82) is 0 Å². The number of benzene rings is 2. The zero-order valence-electron chi connectivity index (χ0n) is 65.4. The van der Waals surface area contributed by atoms with Crippen molar-refractivity contribution < 1.29 is 0 Å². The van der Waals surface area contributed by atoms with Gasteiger partial charge in [-0.1, -0.05) is 0 Å². The van der Waals surface area contributed by atoms with Gasteiger partial charge in [-0.2, -0.15) is 0 Å². The van der Waals surface area contributed by atoms with Gasteiger partial charge < -0.3 is 0 Å². The Morgan fingerprint density at radius 3 is 0.791 bits per heavy atom. The van der Waals surface area contributed by atoms with E-state index < -0.39 is 134 Å². The molecule has 0 spiro atoms. The van der Waals surface area contributed by atoms with E-state index in [0.717, 1.165) is 0 Å². The molecule has 2 aromatic carbocycles. The molecule has 2 aromatic rings. The van der Waals surface area contributed by atoms with Crippen molar-refractivity contribution in [3.63, 3.8) is 0 Å². The first-order valence-electron chi connectivity index (χ1n) is 34.7. The SMILES string of the molecule is CC(C)(C)[C]1=C[CH]2C=[CH][Sn]1([c]1c(C([Si](C)(C)C)[Si](C)(C)C)cc(C([Si](C)(C)C)[Si](C)(C)C)cc1C([Si](C)(C)C)[Si](C)(C)C)[CH]1C=CC=[C](C(C)(C)C)[Sn]21[c]1c(C([Si](C)(C)C)[Si](C)(C)C)cc(C([Si](C)(C)C)[Si](C)(C)C)cc1C([Si](C)(C)C)[Si](C)(C)C. The Kier molecular flexibility index (Phi) is 22.1. The molecule has 0 radical (unpaired) electrons. The van der Waals surface area contributed by atoms with Crippen LogP contribution in [0.25, 0.3) is 0 Å². The summed E-state index contributed by atoms with van der Waals surface area (Å²) in [6, 6.07) is 12.6. The fourth-order valence-electron chi connectivity index (χ4n) is 22.6. The van der Waals surface area contributed by atoms with Gasteiger partial charge in [0.25, 0.3) is 0 Å². The van der Waals surface area contributed by atoms with Gasteiger partial charge in [0.1, 0.15) is 0 Å². The van der Waals surface area contributed by atoms with Gasteiger partial charge in [-0.25, -0.2) is 0 Å². The molecule has 0 aliphatic carbocycles. The molecule has 14 heteroatoms. The van der Waals surface area contributed by atoms with Crippen LogP contribution in [0.2, 0.25) is 242 Å². The van der Waals surface area contributed by atoms with E-state index in [1.54, 1.807) is 0 Å². The number of hydrogen-bond donors (Lipinski definition) is 0. The molecule has 0 saturated carbocycles. The summed E-state index contributed by atoms with van der Waals surface area (Å²) in [6.07, 6.45) is 15.2. The van der Waals surface area contributed by atoms with Gasteiger partial charge in [0, 0.05) is 0 Å². The van der Waals surface area contributed by atoms with Crippen molar-refractivity contribution in [2.75, 3.05) is 0 Å². The third-order valence-corrected chi connectivity index (χ3v) is 125. The molecule has 0 nitrogen and oxygen atoms in total. The Morgan fingerprint density at radius 1 is 0.314 bits per heavy atom. The van der Waals surface area contributed by atoms with Gasteiger partial charge in [-0.15, -0.1) is 0 Å². The molecule has 2 bridgehead atoms. The van der Waals surface area contributed by atoms with E-state index in [1.807, 2.05) is 40.6 Å². The van der Waals surface area contributed by atoms with E-state index in [1.165, 1.54) is 0 Å². The van der Waals surface area contributed by atoms with E-state index in [9.17, 15) is 0 Å². The van der Waals surface area contributed by atoms with Crippen molar-refractivity contribution in [1.82, 2.24) is 0 Å². The summed E-state index contributed by atoms with van der Waals surface area (Å²) in [7, 11) is -22.1. The standard InChI is InChI=1S/2C27H59Si6.2C9H13.2Sn/c2*1-28(2,3)25(29(4,5)6)22-19-23(26(30(7,8)9)31(10,11)12)21-24(20-22)27(32(13,14)15)33(16,17)18;2*1-5-6-7-8-9(2,3)4;;/h2*19-20,25-27H,1-18H3;2*1,5-7H,2-4H3;;. The zero-order valence-corrected chi connectivity index (χ0v) is 83.1. The Bertz CT molecular complexity index is 2770. The fourth-order valence-corrected chi connectivity index (χ4v) is 171. The second-order valence-electron chi connectivity index (χ2n) is 44.3. The molecule has 0 N–H and O–H groups in total. The average molecular weight is 1580 g/mol. The molecule has 0 saturated heterocycles. The van der Waals surface area contributed by atoms with E-state index in [2.05, 4.69) is 343 Å². The van der Waals surface area contributed by atoms with Gasteiger partial charge >= 0.3 is 565 Å². The summed E-state index contributed by atoms with van der Waals surface area (Å²) >= 11 is -8.83. The van der Waals surface area contributed by atoms with Crippen LogP contribution in [-0.4, -0.2) is 134 Å². The Morgan fingerprint density at radius 2 is 0.558 bits per heavy atom. The molecule has 0 aromatic heterocycles. The molecule has 6 rings (SSSR count). The Labute approximate surface area is 558 Å². The fraction of sp³-hybridized carbons (Fsp3) is 0.722. The second kappa shape index (κ2) is 24.3.